The first-order valence-electron chi connectivity index (χ1n) is 5.96. The summed E-state index contributed by atoms with van der Waals surface area (Å²) in [4.78, 5) is 0. The summed E-state index contributed by atoms with van der Waals surface area (Å²) in [5.74, 6) is 2.07. The predicted molar refractivity (Wildman–Crippen MR) is 67.5 cm³/mol. The van der Waals surface area contributed by atoms with Crippen molar-refractivity contribution in [3.8, 4) is 5.75 Å². The van der Waals surface area contributed by atoms with E-state index in [1.165, 1.54) is 0 Å². The highest BCUT2D eigenvalue weighted by molar-refractivity contribution is 5.29. The van der Waals surface area contributed by atoms with E-state index in [1.807, 2.05) is 31.2 Å². The Hall–Kier alpha value is -1.88. The number of nitrogens with one attached hydrogen (secondary N) is 1. The molecule has 2 rings (SSSR count). The number of nitrogens with zero attached hydrogens (tertiary/aromatic N) is 2. The third kappa shape index (κ3) is 3.30. The second-order valence-corrected chi connectivity index (χ2v) is 3.90. The van der Waals surface area contributed by atoms with Crippen LogP contribution in [0.15, 0.2) is 28.7 Å². The fourth-order valence-electron chi connectivity index (χ4n) is 1.62. The van der Waals surface area contributed by atoms with Crippen LogP contribution in [0.4, 0.5) is 0 Å². The summed E-state index contributed by atoms with van der Waals surface area (Å²) < 4.78 is 10.7. The van der Waals surface area contributed by atoms with Gasteiger partial charge < -0.3 is 14.5 Å². The fourth-order valence-corrected chi connectivity index (χ4v) is 1.62. The van der Waals surface area contributed by atoms with Crippen molar-refractivity contribution in [3.63, 3.8) is 0 Å². The molecule has 0 aliphatic rings. The van der Waals surface area contributed by atoms with Gasteiger partial charge in [0.05, 0.1) is 20.1 Å². The van der Waals surface area contributed by atoms with Crippen molar-refractivity contribution in [1.82, 2.24) is 15.5 Å². The molecule has 0 spiro atoms. The first-order chi connectivity index (χ1) is 8.81. The van der Waals surface area contributed by atoms with Crippen molar-refractivity contribution < 1.29 is 9.15 Å². The second-order valence-electron chi connectivity index (χ2n) is 3.90. The molecule has 0 unspecified atom stereocenters. The molecule has 0 aliphatic heterocycles. The monoisotopic (exact) mass is 247 g/mol. The van der Waals surface area contributed by atoms with Crippen molar-refractivity contribution in [2.45, 2.75) is 19.9 Å². The van der Waals surface area contributed by atoms with Crippen molar-refractivity contribution in [2.75, 3.05) is 13.7 Å². The summed E-state index contributed by atoms with van der Waals surface area (Å²) in [6, 6.07) is 7.84. The zero-order valence-electron chi connectivity index (χ0n) is 10.6. The van der Waals surface area contributed by atoms with Gasteiger partial charge in [-0.1, -0.05) is 19.1 Å². The molecular weight excluding hydrogens is 230 g/mol. The van der Waals surface area contributed by atoms with E-state index in [2.05, 4.69) is 15.5 Å². The average Bonchev–Trinajstić information content (AvgIpc) is 2.84. The Morgan fingerprint density at radius 2 is 2.11 bits per heavy atom. The SMILES string of the molecule is CCNCc1nnc(Cc2cccc(OC)c2)o1. The molecule has 5 heteroatoms. The van der Waals surface area contributed by atoms with E-state index in [0.717, 1.165) is 17.9 Å². The highest BCUT2D eigenvalue weighted by Gasteiger charge is 2.06. The standard InChI is InChI=1S/C13H17N3O2/c1-3-14-9-13-16-15-12(18-13)8-10-5-4-6-11(7-10)17-2/h4-7,14H,3,8-9H2,1-2H3. The quantitative estimate of drug-likeness (QED) is 0.843. The van der Waals surface area contributed by atoms with Gasteiger partial charge in [-0.3, -0.25) is 0 Å². The molecule has 0 atom stereocenters. The zero-order valence-corrected chi connectivity index (χ0v) is 10.6. The number of hydrogen-bond donors (Lipinski definition) is 1. The van der Waals surface area contributed by atoms with E-state index in [4.69, 9.17) is 9.15 Å². The molecule has 0 aliphatic carbocycles. The van der Waals surface area contributed by atoms with Crippen molar-refractivity contribution in [1.29, 1.82) is 0 Å². The van der Waals surface area contributed by atoms with E-state index >= 15 is 0 Å². The predicted octanol–water partition coefficient (Wildman–Crippen LogP) is 1.78. The van der Waals surface area contributed by atoms with Crippen molar-refractivity contribution in [2.24, 2.45) is 0 Å². The molecule has 5 nitrogen and oxygen atoms in total. The third-order valence-corrected chi connectivity index (χ3v) is 2.52. The lowest BCUT2D eigenvalue weighted by molar-refractivity contribution is 0.413. The Balaban J connectivity index is 2.01. The molecular formula is C13H17N3O2. The lowest BCUT2D eigenvalue weighted by Gasteiger charge is -2.01. The van der Waals surface area contributed by atoms with Crippen LogP contribution in [0.5, 0.6) is 5.75 Å². The number of ether oxygens (including phenoxy) is 1. The van der Waals surface area contributed by atoms with Gasteiger partial charge in [0.1, 0.15) is 5.75 Å². The molecule has 96 valence electrons. The van der Waals surface area contributed by atoms with Crippen molar-refractivity contribution in [3.05, 3.63) is 41.6 Å². The molecule has 0 bridgehead atoms. The minimum absolute atomic E-state index is 0.613. The number of hydrogen-bond acceptors (Lipinski definition) is 5. The molecule has 1 aromatic carbocycles. The topological polar surface area (TPSA) is 60.2 Å². The van der Waals surface area contributed by atoms with Crippen LogP contribution >= 0.6 is 0 Å². The Morgan fingerprint density at radius 3 is 2.89 bits per heavy atom. The minimum Gasteiger partial charge on any atom is -0.497 e. The van der Waals surface area contributed by atoms with Gasteiger partial charge in [-0.15, -0.1) is 10.2 Å². The Kier molecular flexibility index (Phi) is 4.30. The van der Waals surface area contributed by atoms with Crippen LogP contribution in [0.1, 0.15) is 24.3 Å². The van der Waals surface area contributed by atoms with Gasteiger partial charge in [-0.05, 0) is 24.2 Å². The van der Waals surface area contributed by atoms with Crippen LogP contribution in [-0.4, -0.2) is 23.9 Å². The van der Waals surface area contributed by atoms with E-state index in [9.17, 15) is 0 Å². The molecule has 0 radical (unpaired) electrons. The molecule has 0 saturated carbocycles. The third-order valence-electron chi connectivity index (χ3n) is 2.52. The summed E-state index contributed by atoms with van der Waals surface area (Å²) in [6.07, 6.45) is 0.621. The largest absolute Gasteiger partial charge is 0.497 e. The second kappa shape index (κ2) is 6.16. The van der Waals surface area contributed by atoms with Crippen LogP contribution in [0.25, 0.3) is 0 Å². The number of rotatable bonds is 6. The van der Waals surface area contributed by atoms with E-state index in [1.54, 1.807) is 7.11 Å². The Labute approximate surface area is 106 Å². The molecule has 18 heavy (non-hydrogen) atoms. The lowest BCUT2D eigenvalue weighted by atomic mass is 10.1. The summed E-state index contributed by atoms with van der Waals surface area (Å²) >= 11 is 0. The molecule has 2 aromatic rings. The Morgan fingerprint density at radius 1 is 1.28 bits per heavy atom. The highest BCUT2D eigenvalue weighted by Crippen LogP contribution is 2.15. The molecule has 1 N–H and O–H groups in total. The fraction of sp³-hybridized carbons (Fsp3) is 0.385. The lowest BCUT2D eigenvalue weighted by Crippen LogP contribution is -2.11. The normalized spacial score (nSPS) is 10.6. The van der Waals surface area contributed by atoms with Crippen LogP contribution in [-0.2, 0) is 13.0 Å². The molecule has 0 fully saturated rings. The summed E-state index contributed by atoms with van der Waals surface area (Å²) in [7, 11) is 1.65. The van der Waals surface area contributed by atoms with Gasteiger partial charge in [0.2, 0.25) is 11.8 Å². The zero-order chi connectivity index (χ0) is 12.8. The van der Waals surface area contributed by atoms with Gasteiger partial charge in [0.15, 0.2) is 0 Å². The van der Waals surface area contributed by atoms with Crippen LogP contribution in [0.2, 0.25) is 0 Å². The maximum atomic E-state index is 5.54. The number of methoxy groups -OCH3 is 1. The highest BCUT2D eigenvalue weighted by atomic mass is 16.5. The van der Waals surface area contributed by atoms with Crippen LogP contribution in [0.3, 0.4) is 0 Å². The van der Waals surface area contributed by atoms with Crippen molar-refractivity contribution >= 4 is 0 Å². The summed E-state index contributed by atoms with van der Waals surface area (Å²) in [5.41, 5.74) is 1.09. The molecule has 1 aromatic heterocycles. The van der Waals surface area contributed by atoms with Gasteiger partial charge in [-0.25, -0.2) is 0 Å². The molecule has 0 amide bonds. The van der Waals surface area contributed by atoms with Gasteiger partial charge in [-0.2, -0.15) is 0 Å². The van der Waals surface area contributed by atoms with Gasteiger partial charge in [0, 0.05) is 0 Å². The smallest absolute Gasteiger partial charge is 0.230 e. The molecule has 0 saturated heterocycles. The van der Waals surface area contributed by atoms with Gasteiger partial charge >= 0.3 is 0 Å². The number of aromatic nitrogens is 2. The molecule has 1 heterocycles. The summed E-state index contributed by atoms with van der Waals surface area (Å²) in [5, 5.41) is 11.1. The first-order valence-corrected chi connectivity index (χ1v) is 5.96. The Bertz CT molecular complexity index is 496. The van der Waals surface area contributed by atoms with Gasteiger partial charge in [0.25, 0.3) is 0 Å². The minimum atomic E-state index is 0.613. The summed E-state index contributed by atoms with van der Waals surface area (Å²) in [6.45, 7) is 3.53. The first kappa shape index (κ1) is 12.6. The number of benzene rings is 1. The maximum absolute atomic E-state index is 5.54. The van der Waals surface area contributed by atoms with E-state index in [0.29, 0.717) is 24.7 Å². The van der Waals surface area contributed by atoms with E-state index in [-0.39, 0.29) is 0 Å². The van der Waals surface area contributed by atoms with E-state index < -0.39 is 0 Å². The van der Waals surface area contributed by atoms with Crippen LogP contribution in [0, 0.1) is 0 Å². The maximum Gasteiger partial charge on any atom is 0.230 e. The average molecular weight is 247 g/mol. The van der Waals surface area contributed by atoms with Crippen LogP contribution < -0.4 is 10.1 Å².